The first kappa shape index (κ1) is 22.4. The number of amides is 1. The Labute approximate surface area is 193 Å². The molecular weight excluding hydrogens is 454 g/mol. The third-order valence-corrected chi connectivity index (χ3v) is 5.14. The summed E-state index contributed by atoms with van der Waals surface area (Å²) in [7, 11) is 2.98. The number of nitrogens with zero attached hydrogens (tertiary/aromatic N) is 3. The zero-order valence-electron chi connectivity index (χ0n) is 17.6. The monoisotopic (exact) mass is 472 g/mol. The first-order valence-corrected chi connectivity index (χ1v) is 10.2. The van der Waals surface area contributed by atoms with Crippen molar-refractivity contribution in [1.29, 1.82) is 0 Å². The Morgan fingerprint density at radius 3 is 2.67 bits per heavy atom. The Morgan fingerprint density at radius 1 is 1.15 bits per heavy atom. The molecule has 0 unspecified atom stereocenters. The highest BCUT2D eigenvalue weighted by Crippen LogP contribution is 2.36. The summed E-state index contributed by atoms with van der Waals surface area (Å²) in [6, 6.07) is 8.29. The van der Waals surface area contributed by atoms with Gasteiger partial charge >= 0.3 is 6.05 Å². The highest BCUT2D eigenvalue weighted by Gasteiger charge is 2.36. The van der Waals surface area contributed by atoms with Gasteiger partial charge in [0, 0.05) is 25.5 Å². The number of anilines is 5. The van der Waals surface area contributed by atoms with Crippen LogP contribution in [0.1, 0.15) is 15.9 Å². The summed E-state index contributed by atoms with van der Waals surface area (Å²) in [5.41, 5.74) is 1.84. The Balaban J connectivity index is 1.58. The number of rotatable bonds is 6. The second kappa shape index (κ2) is 8.62. The fourth-order valence-electron chi connectivity index (χ4n) is 3.29. The molecule has 1 aromatic heterocycles. The van der Waals surface area contributed by atoms with Gasteiger partial charge in [0.05, 0.1) is 23.9 Å². The second-order valence-corrected chi connectivity index (χ2v) is 8.00. The fourth-order valence-corrected chi connectivity index (χ4v) is 3.42. The van der Waals surface area contributed by atoms with Gasteiger partial charge in [0.15, 0.2) is 5.82 Å². The van der Waals surface area contributed by atoms with Crippen LogP contribution in [-0.2, 0) is 11.2 Å². The fraction of sp³-hybridized carbons (Fsp3) is 0.182. The number of para-hydroxylation sites is 1. The third-order valence-electron chi connectivity index (χ3n) is 4.87. The van der Waals surface area contributed by atoms with E-state index in [-0.39, 0.29) is 28.8 Å². The third kappa shape index (κ3) is 4.85. The highest BCUT2D eigenvalue weighted by molar-refractivity contribution is 6.43. The summed E-state index contributed by atoms with van der Waals surface area (Å²) in [6.45, 7) is 0. The van der Waals surface area contributed by atoms with Crippen LogP contribution < -0.4 is 16.0 Å². The van der Waals surface area contributed by atoms with Crippen molar-refractivity contribution in [3.05, 3.63) is 64.8 Å². The molecule has 3 aromatic rings. The summed E-state index contributed by atoms with van der Waals surface area (Å²) in [4.78, 5) is 34.3. The summed E-state index contributed by atoms with van der Waals surface area (Å²) in [5, 5.41) is 8.27. The van der Waals surface area contributed by atoms with E-state index in [1.54, 1.807) is 36.4 Å². The zero-order valence-corrected chi connectivity index (χ0v) is 18.4. The molecule has 1 aliphatic heterocycles. The summed E-state index contributed by atoms with van der Waals surface area (Å²) in [6.07, 6.45) is 0.983. The number of benzene rings is 2. The normalized spacial score (nSPS) is 13.6. The van der Waals surface area contributed by atoms with Crippen LogP contribution in [0.15, 0.2) is 48.7 Å². The van der Waals surface area contributed by atoms with E-state index in [4.69, 9.17) is 11.6 Å². The van der Waals surface area contributed by atoms with Gasteiger partial charge in [-0.15, -0.1) is 0 Å². The van der Waals surface area contributed by atoms with Gasteiger partial charge in [-0.05, 0) is 29.8 Å². The molecular formula is C22H19ClF2N6O2. The molecule has 2 heterocycles. The predicted octanol–water partition coefficient (Wildman–Crippen LogP) is 4.45. The van der Waals surface area contributed by atoms with Crippen molar-refractivity contribution in [1.82, 2.24) is 14.9 Å². The van der Waals surface area contributed by atoms with E-state index < -0.39 is 17.7 Å². The SMILES string of the molecule is CN(C)C(=O)C(=O)c1ccccc1Nc1nc(Nc2ccc3c(c2)NC(F)(F)C3)ncc1Cl. The molecule has 0 spiro atoms. The number of likely N-dealkylation sites (N-methyl/N-ethyl adjacent to an activating group) is 1. The molecule has 0 saturated heterocycles. The molecule has 0 radical (unpaired) electrons. The van der Waals surface area contributed by atoms with Crippen molar-refractivity contribution in [2.75, 3.05) is 30.0 Å². The number of fused-ring (bicyclic) bond motifs is 1. The van der Waals surface area contributed by atoms with Gasteiger partial charge in [0.1, 0.15) is 5.02 Å². The lowest BCUT2D eigenvalue weighted by atomic mass is 10.1. The quantitative estimate of drug-likeness (QED) is 0.277. The summed E-state index contributed by atoms with van der Waals surface area (Å²) in [5.74, 6) is -1.01. The van der Waals surface area contributed by atoms with Crippen molar-refractivity contribution >= 4 is 52.1 Å². The van der Waals surface area contributed by atoms with Gasteiger partial charge in [-0.2, -0.15) is 13.8 Å². The molecule has 11 heteroatoms. The van der Waals surface area contributed by atoms with Crippen molar-refractivity contribution in [3.63, 3.8) is 0 Å². The average Bonchev–Trinajstić information content (AvgIpc) is 3.08. The van der Waals surface area contributed by atoms with Crippen molar-refractivity contribution in [2.24, 2.45) is 0 Å². The number of nitrogens with one attached hydrogen (secondary N) is 3. The van der Waals surface area contributed by atoms with Crippen LogP contribution >= 0.6 is 11.6 Å². The molecule has 1 aliphatic rings. The Kier molecular flexibility index (Phi) is 5.86. The highest BCUT2D eigenvalue weighted by atomic mass is 35.5. The molecule has 1 amide bonds. The number of ketones is 1. The van der Waals surface area contributed by atoms with Crippen molar-refractivity contribution in [2.45, 2.75) is 12.5 Å². The number of Topliss-reactive ketones (excluding diaryl/α,β-unsaturated/α-hetero) is 1. The number of aromatic nitrogens is 2. The number of carbonyl (C=O) groups excluding carboxylic acids is 2. The standard InChI is InChI=1S/C22H19ClF2N6O2/c1-31(2)20(33)18(32)14-5-3-4-6-16(14)28-19-15(23)11-26-21(29-19)27-13-8-7-12-10-22(24,25)30-17(12)9-13/h3-9,11,30H,10H2,1-2H3,(H2,26,27,28,29). The second-order valence-electron chi connectivity index (χ2n) is 7.59. The minimum Gasteiger partial charge on any atom is -0.342 e. The van der Waals surface area contributed by atoms with Crippen molar-refractivity contribution < 1.29 is 18.4 Å². The molecule has 4 rings (SSSR count). The minimum absolute atomic E-state index is 0.153. The topological polar surface area (TPSA) is 99.2 Å². The number of hydrogen-bond donors (Lipinski definition) is 3. The zero-order chi connectivity index (χ0) is 23.8. The van der Waals surface area contributed by atoms with E-state index in [0.29, 0.717) is 22.6 Å². The largest absolute Gasteiger partial charge is 0.342 e. The van der Waals surface area contributed by atoms with Gasteiger partial charge in [0.2, 0.25) is 5.95 Å². The first-order chi connectivity index (χ1) is 15.6. The molecule has 2 aromatic carbocycles. The van der Waals surface area contributed by atoms with Crippen molar-refractivity contribution in [3.8, 4) is 0 Å². The summed E-state index contributed by atoms with van der Waals surface area (Å²) >= 11 is 6.23. The molecule has 33 heavy (non-hydrogen) atoms. The molecule has 0 fully saturated rings. The maximum absolute atomic E-state index is 13.6. The Bertz CT molecular complexity index is 1250. The number of hydrogen-bond acceptors (Lipinski definition) is 7. The maximum Gasteiger partial charge on any atom is 0.327 e. The molecule has 8 nitrogen and oxygen atoms in total. The maximum atomic E-state index is 13.6. The smallest absolute Gasteiger partial charge is 0.327 e. The molecule has 170 valence electrons. The number of halogens is 3. The molecule has 0 saturated carbocycles. The number of carbonyl (C=O) groups is 2. The van der Waals surface area contributed by atoms with Crippen LogP contribution in [0.5, 0.6) is 0 Å². The number of alkyl halides is 2. The molecule has 3 N–H and O–H groups in total. The van der Waals surface area contributed by atoms with Crippen LogP contribution in [-0.4, -0.2) is 46.7 Å². The van der Waals surface area contributed by atoms with E-state index in [0.717, 1.165) is 0 Å². The minimum atomic E-state index is -2.98. The van der Waals surface area contributed by atoms with E-state index >= 15 is 0 Å². The van der Waals surface area contributed by atoms with Crippen LogP contribution in [0.4, 0.5) is 37.6 Å². The predicted molar refractivity (Wildman–Crippen MR) is 122 cm³/mol. The lowest BCUT2D eigenvalue weighted by Crippen LogP contribution is -2.30. The molecule has 0 atom stereocenters. The van der Waals surface area contributed by atoms with Gasteiger partial charge in [-0.3, -0.25) is 9.59 Å². The lowest BCUT2D eigenvalue weighted by molar-refractivity contribution is -0.124. The Morgan fingerprint density at radius 2 is 1.91 bits per heavy atom. The molecule has 0 bridgehead atoms. The van der Waals surface area contributed by atoms with Crippen LogP contribution in [0.25, 0.3) is 0 Å². The molecule has 0 aliphatic carbocycles. The summed E-state index contributed by atoms with van der Waals surface area (Å²) < 4.78 is 27.1. The van der Waals surface area contributed by atoms with E-state index in [1.165, 1.54) is 31.3 Å². The van der Waals surface area contributed by atoms with Gasteiger partial charge in [0.25, 0.3) is 11.7 Å². The van der Waals surface area contributed by atoms with Gasteiger partial charge in [-0.25, -0.2) is 4.98 Å². The lowest BCUT2D eigenvalue weighted by Gasteiger charge is -2.14. The van der Waals surface area contributed by atoms with E-state index in [9.17, 15) is 18.4 Å². The Hall–Kier alpha value is -3.79. The van der Waals surface area contributed by atoms with E-state index in [2.05, 4.69) is 25.9 Å². The van der Waals surface area contributed by atoms with Gasteiger partial charge < -0.3 is 20.9 Å². The van der Waals surface area contributed by atoms with E-state index in [1.807, 2.05) is 0 Å². The average molecular weight is 473 g/mol. The van der Waals surface area contributed by atoms with Gasteiger partial charge in [-0.1, -0.05) is 29.8 Å². The van der Waals surface area contributed by atoms with Crippen LogP contribution in [0, 0.1) is 0 Å². The van der Waals surface area contributed by atoms with Crippen LogP contribution in [0.3, 0.4) is 0 Å². The first-order valence-electron chi connectivity index (χ1n) is 9.83. The van der Waals surface area contributed by atoms with Crippen LogP contribution in [0.2, 0.25) is 5.02 Å².